The zero-order valence-electron chi connectivity index (χ0n) is 37.7. The summed E-state index contributed by atoms with van der Waals surface area (Å²) >= 11 is 0. The normalized spacial score (nSPS) is 12.8. The van der Waals surface area contributed by atoms with Crippen LogP contribution in [0.2, 0.25) is 0 Å². The van der Waals surface area contributed by atoms with Gasteiger partial charge in [-0.3, -0.25) is 0 Å². The SMILES string of the molecule is c1ccc(-c2cccc(N(c3ccc4c(c3)C3(c5ccccc5-c5ccccc53)c3cccc(-c5ccc(-c6cccc7c6oc6ccccc67)cc5)c3-4)c3ccccc3-c3ccccc3)c2)cc1. The summed E-state index contributed by atoms with van der Waals surface area (Å²) in [6.07, 6.45) is 0. The van der Waals surface area contributed by atoms with Crippen molar-refractivity contribution in [2.24, 2.45) is 0 Å². The van der Waals surface area contributed by atoms with E-state index in [9.17, 15) is 0 Å². The fourth-order valence-electron chi connectivity index (χ4n) is 11.8. The third kappa shape index (κ3) is 5.92. The molecule has 14 rings (SSSR count). The average molecular weight is 878 g/mol. The first-order chi connectivity index (χ1) is 34.2. The molecule has 0 atom stereocenters. The quantitative estimate of drug-likeness (QED) is 0.159. The zero-order chi connectivity index (χ0) is 45.5. The van der Waals surface area contributed by atoms with Gasteiger partial charge in [0.1, 0.15) is 11.2 Å². The Bertz CT molecular complexity index is 3910. The number of nitrogens with zero attached hydrogens (tertiary/aromatic N) is 1. The lowest BCUT2D eigenvalue weighted by Gasteiger charge is -2.33. The molecule has 2 nitrogen and oxygen atoms in total. The van der Waals surface area contributed by atoms with Crippen LogP contribution in [0.25, 0.3) is 88.7 Å². The Balaban J connectivity index is 0.996. The van der Waals surface area contributed by atoms with Gasteiger partial charge in [-0.05, 0) is 114 Å². The van der Waals surface area contributed by atoms with Crippen molar-refractivity contribution in [1.82, 2.24) is 0 Å². The van der Waals surface area contributed by atoms with Gasteiger partial charge in [-0.2, -0.15) is 0 Å². The zero-order valence-corrected chi connectivity index (χ0v) is 37.7. The van der Waals surface area contributed by atoms with Crippen molar-refractivity contribution < 1.29 is 4.42 Å². The summed E-state index contributed by atoms with van der Waals surface area (Å²) in [5.74, 6) is 0. The Labute approximate surface area is 401 Å². The fourth-order valence-corrected chi connectivity index (χ4v) is 11.8. The van der Waals surface area contributed by atoms with Crippen LogP contribution in [0.4, 0.5) is 17.1 Å². The van der Waals surface area contributed by atoms with E-state index in [0.29, 0.717) is 0 Å². The molecule has 0 bridgehead atoms. The lowest BCUT2D eigenvalue weighted by molar-refractivity contribution is 0.670. The molecule has 69 heavy (non-hydrogen) atoms. The average Bonchev–Trinajstić information content (AvgIpc) is 4.06. The molecule has 1 aromatic heterocycles. The van der Waals surface area contributed by atoms with Gasteiger partial charge in [0, 0.05) is 33.3 Å². The number of hydrogen-bond donors (Lipinski definition) is 0. The van der Waals surface area contributed by atoms with Crippen molar-refractivity contribution in [3.63, 3.8) is 0 Å². The third-order valence-electron chi connectivity index (χ3n) is 14.7. The molecule has 11 aromatic carbocycles. The minimum Gasteiger partial charge on any atom is -0.455 e. The minimum absolute atomic E-state index is 0.558. The molecule has 0 saturated heterocycles. The lowest BCUT2D eigenvalue weighted by Crippen LogP contribution is -2.26. The maximum absolute atomic E-state index is 6.50. The summed E-state index contributed by atoms with van der Waals surface area (Å²) in [6, 6.07) is 95.6. The van der Waals surface area contributed by atoms with Gasteiger partial charge in [0.05, 0.1) is 11.1 Å². The molecule has 1 heterocycles. The number of fused-ring (bicyclic) bond motifs is 13. The van der Waals surface area contributed by atoms with E-state index in [2.05, 4.69) is 260 Å². The molecular formula is C67H43NO. The van der Waals surface area contributed by atoms with Gasteiger partial charge < -0.3 is 9.32 Å². The largest absolute Gasteiger partial charge is 0.455 e. The van der Waals surface area contributed by atoms with Gasteiger partial charge in [-0.1, -0.05) is 224 Å². The van der Waals surface area contributed by atoms with Gasteiger partial charge >= 0.3 is 0 Å². The first-order valence-electron chi connectivity index (χ1n) is 23.8. The van der Waals surface area contributed by atoms with Crippen molar-refractivity contribution in [1.29, 1.82) is 0 Å². The number of para-hydroxylation sites is 3. The first kappa shape index (κ1) is 39.2. The van der Waals surface area contributed by atoms with Crippen molar-refractivity contribution >= 4 is 39.0 Å². The van der Waals surface area contributed by atoms with Crippen LogP contribution in [-0.4, -0.2) is 0 Å². The lowest BCUT2D eigenvalue weighted by atomic mass is 9.70. The van der Waals surface area contributed by atoms with E-state index in [1.165, 1.54) is 77.9 Å². The van der Waals surface area contributed by atoms with E-state index >= 15 is 0 Å². The number of hydrogen-bond acceptors (Lipinski definition) is 2. The standard InChI is InChI=1S/C67H43NO/c1-3-18-44(19-4-1)48-22-15-23-49(42-48)68(63-34-13-9-24-51(63)45-20-5-2-6-21-45)50-40-41-58-62(43-50)67(59-31-11-7-25-54(59)55-26-8-12-32-60(55)67)61-33-17-28-52(65(58)61)46-36-38-47(39-37-46)53-29-16-30-57-56-27-10-14-35-64(56)69-66(53)57/h1-43H. The molecule has 0 amide bonds. The maximum Gasteiger partial charge on any atom is 0.143 e. The minimum atomic E-state index is -0.558. The van der Waals surface area contributed by atoms with E-state index in [0.717, 1.165) is 50.1 Å². The Morgan fingerprint density at radius 3 is 1.58 bits per heavy atom. The van der Waals surface area contributed by atoms with Gasteiger partial charge in [0.2, 0.25) is 0 Å². The summed E-state index contributed by atoms with van der Waals surface area (Å²) in [5, 5.41) is 2.28. The van der Waals surface area contributed by atoms with Crippen molar-refractivity contribution in [3.8, 4) is 66.8 Å². The topological polar surface area (TPSA) is 16.4 Å². The summed E-state index contributed by atoms with van der Waals surface area (Å²) in [4.78, 5) is 2.47. The van der Waals surface area contributed by atoms with Crippen molar-refractivity contribution in [2.45, 2.75) is 5.41 Å². The summed E-state index contributed by atoms with van der Waals surface area (Å²) in [5.41, 5.74) is 24.2. The second-order valence-corrected chi connectivity index (χ2v) is 18.3. The van der Waals surface area contributed by atoms with E-state index in [4.69, 9.17) is 4.42 Å². The molecule has 0 fully saturated rings. The summed E-state index contributed by atoms with van der Waals surface area (Å²) in [6.45, 7) is 0. The highest BCUT2D eigenvalue weighted by molar-refractivity contribution is 6.10. The van der Waals surface area contributed by atoms with Crippen LogP contribution in [0.1, 0.15) is 22.3 Å². The van der Waals surface area contributed by atoms with Crippen LogP contribution < -0.4 is 4.90 Å². The van der Waals surface area contributed by atoms with E-state index in [-0.39, 0.29) is 0 Å². The molecule has 12 aromatic rings. The van der Waals surface area contributed by atoms with Gasteiger partial charge in [0.25, 0.3) is 0 Å². The Kier molecular flexibility index (Phi) is 8.84. The fraction of sp³-hybridized carbons (Fsp3) is 0.0149. The second-order valence-electron chi connectivity index (χ2n) is 18.3. The molecule has 0 radical (unpaired) electrons. The van der Waals surface area contributed by atoms with Gasteiger partial charge in [0.15, 0.2) is 0 Å². The van der Waals surface area contributed by atoms with Crippen LogP contribution in [0.3, 0.4) is 0 Å². The van der Waals surface area contributed by atoms with Crippen LogP contribution >= 0.6 is 0 Å². The molecule has 2 aliphatic rings. The Morgan fingerprint density at radius 1 is 0.290 bits per heavy atom. The maximum atomic E-state index is 6.50. The summed E-state index contributed by atoms with van der Waals surface area (Å²) < 4.78 is 6.50. The van der Waals surface area contributed by atoms with Crippen LogP contribution in [-0.2, 0) is 5.41 Å². The number of anilines is 3. The van der Waals surface area contributed by atoms with Crippen molar-refractivity contribution in [2.75, 3.05) is 4.90 Å². The molecule has 0 aliphatic heterocycles. The van der Waals surface area contributed by atoms with Crippen LogP contribution in [0, 0.1) is 0 Å². The molecule has 1 spiro atoms. The predicted octanol–water partition coefficient (Wildman–Crippen LogP) is 18.1. The molecule has 322 valence electrons. The summed E-state index contributed by atoms with van der Waals surface area (Å²) in [7, 11) is 0. The Morgan fingerprint density at radius 2 is 0.812 bits per heavy atom. The molecule has 2 heteroatoms. The monoisotopic (exact) mass is 877 g/mol. The van der Waals surface area contributed by atoms with Gasteiger partial charge in [-0.25, -0.2) is 0 Å². The highest BCUT2D eigenvalue weighted by Gasteiger charge is 2.52. The first-order valence-corrected chi connectivity index (χ1v) is 23.8. The van der Waals surface area contributed by atoms with Gasteiger partial charge in [-0.15, -0.1) is 0 Å². The number of rotatable bonds is 7. The second kappa shape index (κ2) is 15.6. The molecule has 0 saturated carbocycles. The van der Waals surface area contributed by atoms with E-state index in [1.54, 1.807) is 0 Å². The number of furan rings is 1. The molecule has 2 aliphatic carbocycles. The van der Waals surface area contributed by atoms with Crippen LogP contribution in [0.15, 0.2) is 265 Å². The molecule has 0 N–H and O–H groups in total. The Hall–Kier alpha value is -8.98. The van der Waals surface area contributed by atoms with Crippen LogP contribution in [0.5, 0.6) is 0 Å². The van der Waals surface area contributed by atoms with E-state index < -0.39 is 5.41 Å². The smallest absolute Gasteiger partial charge is 0.143 e. The van der Waals surface area contributed by atoms with Crippen molar-refractivity contribution in [3.05, 3.63) is 283 Å². The number of benzene rings is 11. The highest BCUT2D eigenvalue weighted by atomic mass is 16.3. The highest BCUT2D eigenvalue weighted by Crippen LogP contribution is 2.65. The molecule has 0 unspecified atom stereocenters. The van der Waals surface area contributed by atoms with E-state index in [1.807, 2.05) is 6.07 Å². The predicted molar refractivity (Wildman–Crippen MR) is 286 cm³/mol. The third-order valence-corrected chi connectivity index (χ3v) is 14.7. The molecular weight excluding hydrogens is 835 g/mol.